The number of rotatable bonds is 5. The second kappa shape index (κ2) is 8.89. The molecule has 2 aromatic heterocycles. The van der Waals surface area contributed by atoms with Crippen LogP contribution >= 0.6 is 11.8 Å². The minimum Gasteiger partial charge on any atom is -0.372 e. The van der Waals surface area contributed by atoms with E-state index in [1.165, 1.54) is 0 Å². The van der Waals surface area contributed by atoms with Crippen LogP contribution in [0.1, 0.15) is 24.2 Å². The van der Waals surface area contributed by atoms with Crippen LogP contribution < -0.4 is 10.2 Å². The molecule has 0 bridgehead atoms. The normalized spacial score (nSPS) is 19.0. The van der Waals surface area contributed by atoms with Crippen molar-refractivity contribution in [1.29, 1.82) is 0 Å². The van der Waals surface area contributed by atoms with Gasteiger partial charge in [-0.15, -0.1) is 0 Å². The first kappa shape index (κ1) is 20.4. The van der Waals surface area contributed by atoms with Gasteiger partial charge in [-0.3, -0.25) is 4.79 Å². The van der Waals surface area contributed by atoms with Crippen LogP contribution in [0.2, 0.25) is 0 Å². The van der Waals surface area contributed by atoms with Crippen LogP contribution in [0, 0.1) is 0 Å². The van der Waals surface area contributed by atoms with E-state index < -0.39 is 0 Å². The predicted molar refractivity (Wildman–Crippen MR) is 118 cm³/mol. The van der Waals surface area contributed by atoms with E-state index >= 15 is 0 Å². The van der Waals surface area contributed by atoms with E-state index in [9.17, 15) is 4.79 Å². The highest BCUT2D eigenvalue weighted by atomic mass is 32.2. The van der Waals surface area contributed by atoms with Crippen LogP contribution in [0.5, 0.6) is 0 Å². The second-order valence-electron chi connectivity index (χ2n) is 7.47. The number of ether oxygens (including phenoxy) is 1. The van der Waals surface area contributed by atoms with Gasteiger partial charge in [0.1, 0.15) is 5.82 Å². The summed E-state index contributed by atoms with van der Waals surface area (Å²) in [5.41, 5.74) is 1.27. The van der Waals surface area contributed by atoms with Crippen molar-refractivity contribution >= 4 is 29.2 Å². The molecule has 1 saturated heterocycles. The number of amides is 1. The van der Waals surface area contributed by atoms with E-state index in [0.717, 1.165) is 34.6 Å². The molecule has 1 aliphatic rings. The van der Waals surface area contributed by atoms with Gasteiger partial charge in [0.05, 0.1) is 17.8 Å². The summed E-state index contributed by atoms with van der Waals surface area (Å²) in [5, 5.41) is 3.84. The van der Waals surface area contributed by atoms with Crippen LogP contribution in [0.25, 0.3) is 0 Å². The van der Waals surface area contributed by atoms with Crippen LogP contribution in [0.4, 0.5) is 11.5 Å². The maximum Gasteiger partial charge on any atom is 0.257 e. The lowest BCUT2D eigenvalue weighted by Crippen LogP contribution is -2.45. The Morgan fingerprint density at radius 2 is 1.83 bits per heavy atom. The molecule has 2 unspecified atom stereocenters. The van der Waals surface area contributed by atoms with Gasteiger partial charge < -0.3 is 19.5 Å². The third-order valence-electron chi connectivity index (χ3n) is 4.85. The van der Waals surface area contributed by atoms with Crippen molar-refractivity contribution in [1.82, 2.24) is 14.5 Å². The van der Waals surface area contributed by atoms with Gasteiger partial charge in [0.25, 0.3) is 5.91 Å². The molecule has 1 amide bonds. The molecule has 0 aliphatic carbocycles. The number of morpholine rings is 1. The largest absolute Gasteiger partial charge is 0.372 e. The third kappa shape index (κ3) is 4.83. The molecule has 156 valence electrons. The number of anilines is 2. The number of aromatic nitrogens is 3. The maximum absolute atomic E-state index is 12.6. The van der Waals surface area contributed by atoms with Crippen molar-refractivity contribution in [3.63, 3.8) is 0 Å². The number of aryl methyl sites for hydroxylation is 1. The lowest BCUT2D eigenvalue weighted by molar-refractivity contribution is -0.00546. The smallest absolute Gasteiger partial charge is 0.257 e. The fourth-order valence-electron chi connectivity index (χ4n) is 3.44. The molecular weight excluding hydrogens is 398 g/mol. The minimum absolute atomic E-state index is 0.164. The van der Waals surface area contributed by atoms with E-state index in [1.54, 1.807) is 24.2 Å². The Morgan fingerprint density at radius 3 is 2.43 bits per heavy atom. The average Bonchev–Trinajstić information content (AvgIpc) is 3.13. The summed E-state index contributed by atoms with van der Waals surface area (Å²) in [6.45, 7) is 5.71. The number of nitrogens with zero attached hydrogens (tertiary/aromatic N) is 4. The highest BCUT2D eigenvalue weighted by Crippen LogP contribution is 2.27. The van der Waals surface area contributed by atoms with Crippen LogP contribution in [0.3, 0.4) is 0 Å². The number of hydrogen-bond acceptors (Lipinski definition) is 6. The van der Waals surface area contributed by atoms with Gasteiger partial charge in [0, 0.05) is 49.3 Å². The fraction of sp³-hybridized carbons (Fsp3) is 0.318. The van der Waals surface area contributed by atoms with Gasteiger partial charge in [0.15, 0.2) is 5.16 Å². The molecule has 1 aromatic carbocycles. The Kier molecular flexibility index (Phi) is 6.06. The zero-order chi connectivity index (χ0) is 21.1. The summed E-state index contributed by atoms with van der Waals surface area (Å²) in [7, 11) is 1.96. The molecule has 0 spiro atoms. The fourth-order valence-corrected chi connectivity index (χ4v) is 4.24. The van der Waals surface area contributed by atoms with Gasteiger partial charge >= 0.3 is 0 Å². The maximum atomic E-state index is 12.6. The number of hydrogen-bond donors (Lipinski definition) is 1. The van der Waals surface area contributed by atoms with E-state index in [1.807, 2.05) is 54.2 Å². The van der Waals surface area contributed by atoms with Crippen molar-refractivity contribution < 1.29 is 9.53 Å². The Balaban J connectivity index is 1.37. The standard InChI is InChI=1S/C22H25N5O2S/c1-15-13-27(14-16(2)29-15)20-9-4-17(12-24-20)21(28)25-18-5-7-19(8-6-18)30-22-23-10-11-26(22)3/h4-12,15-16H,13-14H2,1-3H3,(H,25,28). The summed E-state index contributed by atoms with van der Waals surface area (Å²) in [6.07, 6.45) is 5.64. The monoisotopic (exact) mass is 423 g/mol. The summed E-state index contributed by atoms with van der Waals surface area (Å²) in [5.74, 6) is 0.687. The first-order valence-electron chi connectivity index (χ1n) is 9.91. The number of nitrogens with one attached hydrogen (secondary N) is 1. The zero-order valence-electron chi connectivity index (χ0n) is 17.3. The lowest BCUT2D eigenvalue weighted by Gasteiger charge is -2.36. The van der Waals surface area contributed by atoms with Gasteiger partial charge in [-0.1, -0.05) is 11.8 Å². The third-order valence-corrected chi connectivity index (χ3v) is 5.94. The summed E-state index contributed by atoms with van der Waals surface area (Å²) in [4.78, 5) is 24.6. The molecule has 8 heteroatoms. The van der Waals surface area contributed by atoms with E-state index in [0.29, 0.717) is 5.56 Å². The molecule has 30 heavy (non-hydrogen) atoms. The Labute approximate surface area is 180 Å². The lowest BCUT2D eigenvalue weighted by atomic mass is 10.2. The first-order chi connectivity index (χ1) is 14.5. The van der Waals surface area contributed by atoms with Crippen molar-refractivity contribution in [3.05, 3.63) is 60.6 Å². The molecule has 0 radical (unpaired) electrons. The number of pyridine rings is 1. The molecule has 2 atom stereocenters. The number of benzene rings is 1. The van der Waals surface area contributed by atoms with Gasteiger partial charge in [0.2, 0.25) is 0 Å². The number of imidazole rings is 1. The predicted octanol–water partition coefficient (Wildman–Crippen LogP) is 3.83. The van der Waals surface area contributed by atoms with Crippen LogP contribution in [-0.2, 0) is 11.8 Å². The van der Waals surface area contributed by atoms with Crippen molar-refractivity contribution in [3.8, 4) is 0 Å². The summed E-state index contributed by atoms with van der Waals surface area (Å²) >= 11 is 1.58. The summed E-state index contributed by atoms with van der Waals surface area (Å²) in [6, 6.07) is 11.4. The molecule has 3 aromatic rings. The number of carbonyl (C=O) groups is 1. The second-order valence-corrected chi connectivity index (χ2v) is 8.51. The molecule has 3 heterocycles. The SMILES string of the molecule is CC1CN(c2ccc(C(=O)Nc3ccc(Sc4nccn4C)cc3)cn2)CC(C)O1. The topological polar surface area (TPSA) is 72.3 Å². The Hall–Kier alpha value is -2.84. The van der Waals surface area contributed by atoms with E-state index in [4.69, 9.17) is 4.74 Å². The average molecular weight is 424 g/mol. The quantitative estimate of drug-likeness (QED) is 0.672. The van der Waals surface area contributed by atoms with Crippen molar-refractivity contribution in [2.45, 2.75) is 36.1 Å². The highest BCUT2D eigenvalue weighted by molar-refractivity contribution is 7.99. The Morgan fingerprint density at radius 1 is 1.10 bits per heavy atom. The molecule has 4 rings (SSSR count). The highest BCUT2D eigenvalue weighted by Gasteiger charge is 2.23. The molecule has 1 fully saturated rings. The Bertz CT molecular complexity index is 993. The minimum atomic E-state index is -0.178. The van der Waals surface area contributed by atoms with Gasteiger partial charge in [-0.25, -0.2) is 9.97 Å². The molecule has 7 nitrogen and oxygen atoms in total. The molecular formula is C22H25N5O2S. The molecule has 1 aliphatic heterocycles. The number of carbonyl (C=O) groups excluding carboxylic acids is 1. The van der Waals surface area contributed by atoms with E-state index in [2.05, 4.69) is 34.0 Å². The van der Waals surface area contributed by atoms with Gasteiger partial charge in [-0.05, 0) is 50.2 Å². The van der Waals surface area contributed by atoms with Crippen molar-refractivity contribution in [2.75, 3.05) is 23.3 Å². The molecule has 1 N–H and O–H groups in total. The molecule has 0 saturated carbocycles. The van der Waals surface area contributed by atoms with Crippen molar-refractivity contribution in [2.24, 2.45) is 7.05 Å². The van der Waals surface area contributed by atoms with Crippen LogP contribution in [0.15, 0.2) is 65.0 Å². The summed E-state index contributed by atoms with van der Waals surface area (Å²) < 4.78 is 7.74. The zero-order valence-corrected chi connectivity index (χ0v) is 18.1. The van der Waals surface area contributed by atoms with Crippen LogP contribution in [-0.4, -0.2) is 45.7 Å². The van der Waals surface area contributed by atoms with E-state index in [-0.39, 0.29) is 18.1 Å². The van der Waals surface area contributed by atoms with Gasteiger partial charge in [-0.2, -0.15) is 0 Å². The first-order valence-corrected chi connectivity index (χ1v) is 10.7.